The molecule has 2 atom stereocenters. The number of esters is 1. The molecule has 2 unspecified atom stereocenters. The number of aryl methyl sites for hydroxylation is 3. The number of carbonyl (C=O) groups excluding carboxylic acids is 1. The van der Waals surface area contributed by atoms with Gasteiger partial charge in [-0.2, -0.15) is 0 Å². The van der Waals surface area contributed by atoms with Crippen LogP contribution in [0.3, 0.4) is 0 Å². The summed E-state index contributed by atoms with van der Waals surface area (Å²) in [6.07, 6.45) is 0.806. The van der Waals surface area contributed by atoms with Gasteiger partial charge in [0.2, 0.25) is 0 Å². The Bertz CT molecular complexity index is 995. The smallest absolute Gasteiger partial charge is 0.309 e. The number of pyridine rings is 1. The molecule has 0 radical (unpaired) electrons. The van der Waals surface area contributed by atoms with E-state index in [9.17, 15) is 4.79 Å². The fraction of sp³-hybridized carbons (Fsp3) is 0.409. The number of aromatic nitrogens is 3. The third kappa shape index (κ3) is 3.63. The third-order valence-corrected chi connectivity index (χ3v) is 5.57. The first-order valence-electron chi connectivity index (χ1n) is 9.50. The highest BCUT2D eigenvalue weighted by Crippen LogP contribution is 2.29. The minimum Gasteiger partial charge on any atom is -0.469 e. The molecule has 1 aromatic carbocycles. The van der Waals surface area contributed by atoms with Crippen LogP contribution in [-0.2, 0) is 16.0 Å². The van der Waals surface area contributed by atoms with Crippen molar-refractivity contribution in [3.8, 4) is 5.69 Å². The monoisotopic (exact) mass is 399 g/mol. The Balaban J connectivity index is 2.05. The Labute approximate surface area is 170 Å². The molecule has 3 aromatic rings. The normalized spacial score (nSPS) is 13.5. The summed E-state index contributed by atoms with van der Waals surface area (Å²) >= 11 is 6.16. The maximum absolute atomic E-state index is 11.9. The summed E-state index contributed by atoms with van der Waals surface area (Å²) in [7, 11) is 1.40. The quantitative estimate of drug-likeness (QED) is 0.444. The van der Waals surface area contributed by atoms with E-state index in [1.54, 1.807) is 0 Å². The van der Waals surface area contributed by atoms with Gasteiger partial charge in [-0.15, -0.1) is 11.6 Å². The Morgan fingerprint density at radius 2 is 1.89 bits per heavy atom. The molecule has 28 heavy (non-hydrogen) atoms. The first-order valence-corrected chi connectivity index (χ1v) is 10.0. The van der Waals surface area contributed by atoms with Gasteiger partial charge < -0.3 is 4.74 Å². The lowest BCUT2D eigenvalue weighted by molar-refractivity contribution is -0.145. The number of ether oxygens (including phenoxy) is 1. The van der Waals surface area contributed by atoms with E-state index >= 15 is 0 Å². The molecule has 0 spiro atoms. The zero-order chi connectivity index (χ0) is 20.4. The van der Waals surface area contributed by atoms with Crippen molar-refractivity contribution < 1.29 is 9.53 Å². The molecule has 0 aliphatic rings. The zero-order valence-corrected chi connectivity index (χ0v) is 17.7. The second-order valence-corrected chi connectivity index (χ2v) is 7.44. The molecule has 0 N–H and O–H groups in total. The van der Waals surface area contributed by atoms with Crippen LogP contribution in [-0.4, -0.2) is 33.5 Å². The molecule has 148 valence electrons. The van der Waals surface area contributed by atoms with Gasteiger partial charge in [-0.05, 0) is 43.2 Å². The fourth-order valence-electron chi connectivity index (χ4n) is 3.65. The van der Waals surface area contributed by atoms with E-state index in [1.807, 2.05) is 38.1 Å². The molecule has 0 fully saturated rings. The zero-order valence-electron chi connectivity index (χ0n) is 17.0. The molecule has 0 aliphatic heterocycles. The minimum absolute atomic E-state index is 0.101. The first-order chi connectivity index (χ1) is 13.4. The average Bonchev–Trinajstić information content (AvgIpc) is 3.07. The van der Waals surface area contributed by atoms with Crippen LogP contribution in [0.25, 0.3) is 16.9 Å². The van der Waals surface area contributed by atoms with E-state index in [4.69, 9.17) is 26.3 Å². The fourth-order valence-corrected chi connectivity index (χ4v) is 4.09. The van der Waals surface area contributed by atoms with Gasteiger partial charge in [0.15, 0.2) is 5.65 Å². The number of fused-ring (bicyclic) bond motifs is 1. The number of alkyl halides is 1. The standard InChI is InChI=1S/C22H26ClN3O2/c1-6-19-25-20-13(2)11-14(3)24-21(20)26(19)17-9-7-16(8-10-17)18(12-23)15(4)22(27)28-5/h7-11,15,18H,6,12H2,1-5H3. The van der Waals surface area contributed by atoms with Crippen molar-refractivity contribution in [1.82, 2.24) is 14.5 Å². The minimum atomic E-state index is -0.305. The molecule has 0 saturated carbocycles. The predicted octanol–water partition coefficient (Wildman–Crippen LogP) is 4.73. The van der Waals surface area contributed by atoms with Crippen molar-refractivity contribution in [2.75, 3.05) is 13.0 Å². The maximum atomic E-state index is 11.9. The Kier molecular flexibility index (Phi) is 6.04. The van der Waals surface area contributed by atoms with Crippen molar-refractivity contribution in [2.45, 2.75) is 40.0 Å². The maximum Gasteiger partial charge on any atom is 0.309 e. The molecular weight excluding hydrogens is 374 g/mol. The van der Waals surface area contributed by atoms with Crippen LogP contribution in [0.4, 0.5) is 0 Å². The van der Waals surface area contributed by atoms with Crippen molar-refractivity contribution >= 4 is 28.7 Å². The van der Waals surface area contributed by atoms with Crippen LogP contribution in [0.15, 0.2) is 30.3 Å². The van der Waals surface area contributed by atoms with Crippen molar-refractivity contribution in [3.05, 3.63) is 53.0 Å². The van der Waals surface area contributed by atoms with Crippen molar-refractivity contribution in [2.24, 2.45) is 5.92 Å². The van der Waals surface area contributed by atoms with Gasteiger partial charge >= 0.3 is 5.97 Å². The van der Waals surface area contributed by atoms with E-state index in [0.717, 1.165) is 45.9 Å². The van der Waals surface area contributed by atoms with Crippen LogP contribution in [0, 0.1) is 19.8 Å². The summed E-state index contributed by atoms with van der Waals surface area (Å²) in [5, 5.41) is 0. The first kappa shape index (κ1) is 20.3. The van der Waals surface area contributed by atoms with Crippen LogP contribution in [0.1, 0.15) is 42.4 Å². The second-order valence-electron chi connectivity index (χ2n) is 7.13. The highest BCUT2D eigenvalue weighted by molar-refractivity contribution is 6.18. The molecule has 0 saturated heterocycles. The topological polar surface area (TPSA) is 57.0 Å². The summed E-state index contributed by atoms with van der Waals surface area (Å²) in [5.74, 6) is 0.667. The molecule has 2 aromatic heterocycles. The van der Waals surface area contributed by atoms with E-state index in [1.165, 1.54) is 7.11 Å². The SMILES string of the molecule is CCc1nc2c(C)cc(C)nc2n1-c1ccc(C(CCl)C(C)C(=O)OC)cc1. The molecular formula is C22H26ClN3O2. The van der Waals surface area contributed by atoms with E-state index in [2.05, 4.69) is 24.5 Å². The largest absolute Gasteiger partial charge is 0.469 e. The van der Waals surface area contributed by atoms with Gasteiger partial charge in [-0.3, -0.25) is 9.36 Å². The van der Waals surface area contributed by atoms with Crippen molar-refractivity contribution in [1.29, 1.82) is 0 Å². The van der Waals surface area contributed by atoms with Crippen LogP contribution >= 0.6 is 11.6 Å². The molecule has 0 aliphatic carbocycles. The molecule has 5 nitrogen and oxygen atoms in total. The summed E-state index contributed by atoms with van der Waals surface area (Å²) in [6, 6.07) is 10.2. The van der Waals surface area contributed by atoms with Crippen LogP contribution in [0.5, 0.6) is 0 Å². The van der Waals surface area contributed by atoms with Gasteiger partial charge in [0.1, 0.15) is 11.3 Å². The lowest BCUT2D eigenvalue weighted by Crippen LogP contribution is -2.22. The summed E-state index contributed by atoms with van der Waals surface area (Å²) in [5.41, 5.74) is 5.92. The number of hydrogen-bond donors (Lipinski definition) is 0. The highest BCUT2D eigenvalue weighted by Gasteiger charge is 2.25. The molecule has 2 heterocycles. The van der Waals surface area contributed by atoms with Crippen LogP contribution < -0.4 is 0 Å². The number of carbonyl (C=O) groups is 1. The Morgan fingerprint density at radius 3 is 2.46 bits per heavy atom. The number of nitrogens with zero attached hydrogens (tertiary/aromatic N) is 3. The second kappa shape index (κ2) is 8.31. The number of benzene rings is 1. The summed E-state index contributed by atoms with van der Waals surface area (Å²) < 4.78 is 6.99. The number of imidazole rings is 1. The van der Waals surface area contributed by atoms with E-state index in [0.29, 0.717) is 5.88 Å². The number of methoxy groups -OCH3 is 1. The van der Waals surface area contributed by atoms with Gasteiger partial charge in [0.05, 0.1) is 13.0 Å². The molecule has 6 heteroatoms. The highest BCUT2D eigenvalue weighted by atomic mass is 35.5. The summed E-state index contributed by atoms with van der Waals surface area (Å²) in [6.45, 7) is 8.00. The molecule has 0 bridgehead atoms. The van der Waals surface area contributed by atoms with Gasteiger partial charge in [-0.1, -0.05) is 26.0 Å². The molecule has 0 amide bonds. The van der Waals surface area contributed by atoms with Crippen LogP contribution in [0.2, 0.25) is 0 Å². The van der Waals surface area contributed by atoms with E-state index in [-0.39, 0.29) is 17.8 Å². The Morgan fingerprint density at radius 1 is 1.21 bits per heavy atom. The van der Waals surface area contributed by atoms with Crippen molar-refractivity contribution in [3.63, 3.8) is 0 Å². The average molecular weight is 400 g/mol. The predicted molar refractivity (Wildman–Crippen MR) is 112 cm³/mol. The van der Waals surface area contributed by atoms with E-state index < -0.39 is 0 Å². The summed E-state index contributed by atoms with van der Waals surface area (Å²) in [4.78, 5) is 21.5. The molecule has 3 rings (SSSR count). The number of rotatable bonds is 6. The number of hydrogen-bond acceptors (Lipinski definition) is 4. The Hall–Kier alpha value is -2.40. The van der Waals surface area contributed by atoms with Gasteiger partial charge in [0.25, 0.3) is 0 Å². The number of halogens is 1. The third-order valence-electron chi connectivity index (χ3n) is 5.24. The van der Waals surface area contributed by atoms with Gasteiger partial charge in [-0.25, -0.2) is 9.97 Å². The van der Waals surface area contributed by atoms with Gasteiger partial charge in [0, 0.05) is 29.6 Å². The lowest BCUT2D eigenvalue weighted by Gasteiger charge is -2.20. The lowest BCUT2D eigenvalue weighted by atomic mass is 9.88.